The summed E-state index contributed by atoms with van der Waals surface area (Å²) < 4.78 is 4.55. The number of unbranched alkanes of at least 4 members (excludes halogenated alkanes) is 3. The van der Waals surface area contributed by atoms with Crippen LogP contribution in [0, 0.1) is 10.1 Å². The molecule has 0 bridgehead atoms. The molecular weight excluding hydrogens is 262 g/mol. The number of esters is 1. The van der Waals surface area contributed by atoms with Crippen LogP contribution in [0.25, 0.3) is 0 Å². The lowest BCUT2D eigenvalue weighted by atomic mass is 10.2. The first-order valence-electron chi connectivity index (χ1n) is 6.57. The van der Waals surface area contributed by atoms with E-state index in [9.17, 15) is 14.9 Å². The fraction of sp³-hybridized carbons (Fsp3) is 0.538. The molecule has 1 N–H and O–H groups in total. The number of aromatic nitrogens is 1. The highest BCUT2D eigenvalue weighted by Crippen LogP contribution is 2.22. The minimum Gasteiger partial charge on any atom is -0.464 e. The van der Waals surface area contributed by atoms with E-state index in [1.54, 1.807) is 0 Å². The van der Waals surface area contributed by atoms with E-state index in [1.165, 1.54) is 19.2 Å². The van der Waals surface area contributed by atoms with Crippen LogP contribution < -0.4 is 5.32 Å². The first-order valence-corrected chi connectivity index (χ1v) is 6.57. The molecule has 7 heteroatoms. The SMILES string of the molecule is CCCCCCNc1nc(C(=O)OC)ccc1[N+](=O)[O-]. The highest BCUT2D eigenvalue weighted by atomic mass is 16.6. The van der Waals surface area contributed by atoms with Crippen LogP contribution in [0.5, 0.6) is 0 Å². The second-order valence-corrected chi connectivity index (χ2v) is 4.30. The van der Waals surface area contributed by atoms with Crippen molar-refractivity contribution in [2.75, 3.05) is 19.0 Å². The molecule has 0 spiro atoms. The third-order valence-corrected chi connectivity index (χ3v) is 2.79. The Bertz CT molecular complexity index is 477. The van der Waals surface area contributed by atoms with Crippen molar-refractivity contribution in [1.29, 1.82) is 0 Å². The van der Waals surface area contributed by atoms with Gasteiger partial charge in [0.1, 0.15) is 0 Å². The average Bonchev–Trinajstić information content (AvgIpc) is 2.45. The monoisotopic (exact) mass is 281 g/mol. The van der Waals surface area contributed by atoms with E-state index >= 15 is 0 Å². The zero-order valence-electron chi connectivity index (χ0n) is 11.7. The van der Waals surface area contributed by atoms with Crippen LogP contribution >= 0.6 is 0 Å². The lowest BCUT2D eigenvalue weighted by molar-refractivity contribution is -0.384. The predicted molar refractivity (Wildman–Crippen MR) is 74.9 cm³/mol. The Hall–Kier alpha value is -2.18. The van der Waals surface area contributed by atoms with Crippen molar-refractivity contribution in [2.24, 2.45) is 0 Å². The lowest BCUT2D eigenvalue weighted by Gasteiger charge is -2.07. The van der Waals surface area contributed by atoms with E-state index in [1.807, 2.05) is 0 Å². The number of nitrogens with zero attached hydrogens (tertiary/aromatic N) is 2. The van der Waals surface area contributed by atoms with Gasteiger partial charge in [0.05, 0.1) is 12.0 Å². The van der Waals surface area contributed by atoms with Gasteiger partial charge in [0.25, 0.3) is 0 Å². The number of carbonyl (C=O) groups is 1. The molecular formula is C13H19N3O4. The van der Waals surface area contributed by atoms with Crippen LogP contribution in [-0.2, 0) is 4.74 Å². The molecule has 1 rings (SSSR count). The third-order valence-electron chi connectivity index (χ3n) is 2.79. The zero-order chi connectivity index (χ0) is 15.0. The highest BCUT2D eigenvalue weighted by Gasteiger charge is 2.18. The second kappa shape index (κ2) is 8.08. The Morgan fingerprint density at radius 3 is 2.75 bits per heavy atom. The maximum absolute atomic E-state index is 11.4. The van der Waals surface area contributed by atoms with Crippen molar-refractivity contribution < 1.29 is 14.5 Å². The normalized spacial score (nSPS) is 10.1. The number of carbonyl (C=O) groups excluding carboxylic acids is 1. The number of nitro groups is 1. The maximum Gasteiger partial charge on any atom is 0.356 e. The molecule has 0 saturated carbocycles. The number of anilines is 1. The molecule has 0 unspecified atom stereocenters. The van der Waals surface area contributed by atoms with E-state index < -0.39 is 10.9 Å². The molecule has 0 aliphatic heterocycles. The molecule has 1 aromatic heterocycles. The van der Waals surface area contributed by atoms with Crippen molar-refractivity contribution in [2.45, 2.75) is 32.6 Å². The Morgan fingerprint density at radius 2 is 2.15 bits per heavy atom. The van der Waals surface area contributed by atoms with E-state index in [4.69, 9.17) is 0 Å². The number of hydrogen-bond acceptors (Lipinski definition) is 6. The highest BCUT2D eigenvalue weighted by molar-refractivity contribution is 5.88. The molecule has 7 nitrogen and oxygen atoms in total. The van der Waals surface area contributed by atoms with Gasteiger partial charge in [-0.05, 0) is 12.5 Å². The molecule has 0 aliphatic rings. The van der Waals surface area contributed by atoms with Gasteiger partial charge in [-0.3, -0.25) is 10.1 Å². The number of nitrogens with one attached hydrogen (secondary N) is 1. The van der Waals surface area contributed by atoms with Gasteiger partial charge >= 0.3 is 11.7 Å². The number of ether oxygens (including phenoxy) is 1. The molecule has 0 amide bonds. The molecule has 0 radical (unpaired) electrons. The van der Waals surface area contributed by atoms with Crippen LogP contribution in [-0.4, -0.2) is 29.5 Å². The van der Waals surface area contributed by atoms with E-state index in [-0.39, 0.29) is 17.2 Å². The average molecular weight is 281 g/mol. The quantitative estimate of drug-likeness (QED) is 0.341. The molecule has 0 aliphatic carbocycles. The summed E-state index contributed by atoms with van der Waals surface area (Å²) in [5.74, 6) is -0.511. The second-order valence-electron chi connectivity index (χ2n) is 4.30. The van der Waals surface area contributed by atoms with Crippen molar-refractivity contribution in [3.8, 4) is 0 Å². The van der Waals surface area contributed by atoms with Gasteiger partial charge in [0.15, 0.2) is 5.69 Å². The van der Waals surface area contributed by atoms with Crippen molar-refractivity contribution >= 4 is 17.5 Å². The first kappa shape index (κ1) is 15.9. The topological polar surface area (TPSA) is 94.4 Å². The van der Waals surface area contributed by atoms with Crippen LogP contribution in [0.4, 0.5) is 11.5 Å². The Labute approximate surface area is 117 Å². The first-order chi connectivity index (χ1) is 9.60. The lowest BCUT2D eigenvalue weighted by Crippen LogP contribution is -2.10. The molecule has 0 atom stereocenters. The largest absolute Gasteiger partial charge is 0.464 e. The maximum atomic E-state index is 11.4. The number of methoxy groups -OCH3 is 1. The van der Waals surface area contributed by atoms with Gasteiger partial charge in [-0.2, -0.15) is 0 Å². The molecule has 1 heterocycles. The van der Waals surface area contributed by atoms with E-state index in [0.29, 0.717) is 6.54 Å². The fourth-order valence-electron chi connectivity index (χ4n) is 1.71. The Balaban J connectivity index is 2.78. The summed E-state index contributed by atoms with van der Waals surface area (Å²) in [6, 6.07) is 2.54. The van der Waals surface area contributed by atoms with Crippen molar-refractivity contribution in [1.82, 2.24) is 4.98 Å². The minimum atomic E-state index is -0.617. The number of pyridine rings is 1. The summed E-state index contributed by atoms with van der Waals surface area (Å²) in [4.78, 5) is 25.7. The Morgan fingerprint density at radius 1 is 1.40 bits per heavy atom. The summed E-state index contributed by atoms with van der Waals surface area (Å²) in [5.41, 5.74) is -0.0951. The van der Waals surface area contributed by atoms with Crippen LogP contribution in [0.15, 0.2) is 12.1 Å². The smallest absolute Gasteiger partial charge is 0.356 e. The van der Waals surface area contributed by atoms with Crippen LogP contribution in [0.1, 0.15) is 43.1 Å². The van der Waals surface area contributed by atoms with Crippen LogP contribution in [0.2, 0.25) is 0 Å². The number of hydrogen-bond donors (Lipinski definition) is 1. The molecule has 0 saturated heterocycles. The third kappa shape index (κ3) is 4.49. The Kier molecular flexibility index (Phi) is 6.42. The van der Waals surface area contributed by atoms with Gasteiger partial charge < -0.3 is 10.1 Å². The van der Waals surface area contributed by atoms with Crippen molar-refractivity contribution in [3.05, 3.63) is 27.9 Å². The molecule has 110 valence electrons. The summed E-state index contributed by atoms with van der Waals surface area (Å²) >= 11 is 0. The van der Waals surface area contributed by atoms with Gasteiger partial charge in [0, 0.05) is 12.6 Å². The summed E-state index contributed by atoms with van der Waals surface area (Å²) in [7, 11) is 1.24. The van der Waals surface area contributed by atoms with Gasteiger partial charge in [-0.15, -0.1) is 0 Å². The minimum absolute atomic E-state index is 0.0501. The molecule has 0 fully saturated rings. The summed E-state index contributed by atoms with van der Waals surface area (Å²) in [5, 5.41) is 13.8. The van der Waals surface area contributed by atoms with E-state index in [0.717, 1.165) is 25.7 Å². The summed E-state index contributed by atoms with van der Waals surface area (Å²) in [6.07, 6.45) is 4.19. The zero-order valence-corrected chi connectivity index (χ0v) is 11.7. The van der Waals surface area contributed by atoms with Gasteiger partial charge in [-0.25, -0.2) is 9.78 Å². The van der Waals surface area contributed by atoms with Crippen LogP contribution in [0.3, 0.4) is 0 Å². The standard InChI is InChI=1S/C13H19N3O4/c1-3-4-5-6-9-14-12-11(16(18)19)8-7-10(15-12)13(17)20-2/h7-8H,3-6,9H2,1-2H3,(H,14,15). The molecule has 1 aromatic rings. The van der Waals surface area contributed by atoms with Gasteiger partial charge in [-0.1, -0.05) is 26.2 Å². The van der Waals surface area contributed by atoms with Gasteiger partial charge in [0.2, 0.25) is 5.82 Å². The predicted octanol–water partition coefficient (Wildman–Crippen LogP) is 2.77. The summed E-state index contributed by atoms with van der Waals surface area (Å²) in [6.45, 7) is 2.69. The molecule has 0 aromatic carbocycles. The van der Waals surface area contributed by atoms with E-state index in [2.05, 4.69) is 22.0 Å². The fourth-order valence-corrected chi connectivity index (χ4v) is 1.71. The van der Waals surface area contributed by atoms with Crippen molar-refractivity contribution in [3.63, 3.8) is 0 Å². The number of rotatable bonds is 8. The molecule has 20 heavy (non-hydrogen) atoms.